The van der Waals surface area contributed by atoms with Crippen LogP contribution < -0.4 is 5.32 Å². The summed E-state index contributed by atoms with van der Waals surface area (Å²) in [6, 6.07) is 4.21. The van der Waals surface area contributed by atoms with Gasteiger partial charge in [0.2, 0.25) is 0 Å². The second kappa shape index (κ2) is 5.63. The smallest absolute Gasteiger partial charge is 0.334 e. The fourth-order valence-corrected chi connectivity index (χ4v) is 1.96. The summed E-state index contributed by atoms with van der Waals surface area (Å²) < 4.78 is 38.9. The average Bonchev–Trinajstić information content (AvgIpc) is 2.76. The molecular weight excluding hydrogens is 285 g/mol. The first-order valence-corrected chi connectivity index (χ1v) is 6.34. The van der Waals surface area contributed by atoms with E-state index < -0.39 is 18.8 Å². The van der Waals surface area contributed by atoms with Crippen molar-refractivity contribution in [2.24, 2.45) is 7.05 Å². The number of rotatable bonds is 3. The van der Waals surface area contributed by atoms with Gasteiger partial charge in [0, 0.05) is 19.3 Å². The van der Waals surface area contributed by atoms with E-state index in [2.05, 4.69) is 10.3 Å². The molecule has 0 unspecified atom stereocenters. The van der Waals surface area contributed by atoms with Gasteiger partial charge in [-0.15, -0.1) is 0 Å². The Labute approximate surface area is 119 Å². The predicted octanol–water partition coefficient (Wildman–Crippen LogP) is 2.99. The van der Waals surface area contributed by atoms with Gasteiger partial charge in [0.15, 0.2) is 0 Å². The molecule has 0 aliphatic carbocycles. The highest BCUT2D eigenvalue weighted by atomic mass is 19.4. The molecule has 2 amide bonds. The number of benzene rings is 1. The summed E-state index contributed by atoms with van der Waals surface area (Å²) in [5, 5.41) is 2.45. The van der Waals surface area contributed by atoms with Gasteiger partial charge in [-0.25, -0.2) is 9.78 Å². The number of hydrogen-bond acceptors (Lipinski definition) is 2. The van der Waals surface area contributed by atoms with Crippen LogP contribution in [0.2, 0.25) is 0 Å². The highest BCUT2D eigenvalue weighted by Crippen LogP contribution is 2.19. The number of anilines is 1. The van der Waals surface area contributed by atoms with Crippen molar-refractivity contribution in [3.05, 3.63) is 24.5 Å². The van der Waals surface area contributed by atoms with Crippen LogP contribution in [0.3, 0.4) is 0 Å². The van der Waals surface area contributed by atoms with Crippen LogP contribution in [0.5, 0.6) is 0 Å². The van der Waals surface area contributed by atoms with Crippen LogP contribution in [0.15, 0.2) is 24.5 Å². The number of carbonyl (C=O) groups excluding carboxylic acids is 1. The minimum absolute atomic E-state index is 0.0306. The third-order valence-corrected chi connectivity index (χ3v) is 3.02. The quantitative estimate of drug-likeness (QED) is 0.947. The van der Waals surface area contributed by atoms with Crippen molar-refractivity contribution in [1.29, 1.82) is 0 Å². The SMILES string of the molecule is CCN(CC(F)(F)F)C(=O)Nc1ccc2c(c1)ncn2C. The number of urea groups is 1. The molecule has 1 N–H and O–H groups in total. The Morgan fingerprint density at radius 2 is 2.14 bits per heavy atom. The molecule has 0 aliphatic heterocycles. The number of fused-ring (bicyclic) bond motifs is 1. The second-order valence-corrected chi connectivity index (χ2v) is 4.62. The van der Waals surface area contributed by atoms with Crippen molar-refractivity contribution in [3.63, 3.8) is 0 Å². The van der Waals surface area contributed by atoms with E-state index in [1.54, 1.807) is 24.5 Å². The van der Waals surface area contributed by atoms with Crippen molar-refractivity contribution >= 4 is 22.8 Å². The van der Waals surface area contributed by atoms with E-state index in [9.17, 15) is 18.0 Å². The first-order valence-electron chi connectivity index (χ1n) is 6.34. The van der Waals surface area contributed by atoms with E-state index in [0.29, 0.717) is 16.1 Å². The molecule has 2 rings (SSSR count). The standard InChI is InChI=1S/C13H15F3N4O/c1-3-20(7-13(14,15)16)12(21)18-9-4-5-11-10(6-9)17-8-19(11)2/h4-6,8H,3,7H2,1-2H3,(H,18,21). The van der Waals surface area contributed by atoms with Crippen LogP contribution in [0, 0.1) is 0 Å². The van der Waals surface area contributed by atoms with Crippen LogP contribution in [-0.2, 0) is 7.05 Å². The van der Waals surface area contributed by atoms with Crippen LogP contribution >= 0.6 is 0 Å². The van der Waals surface area contributed by atoms with E-state index in [0.717, 1.165) is 5.52 Å². The summed E-state index contributed by atoms with van der Waals surface area (Å²) in [6.45, 7) is 0.186. The van der Waals surface area contributed by atoms with Crippen molar-refractivity contribution in [3.8, 4) is 0 Å². The fraction of sp³-hybridized carbons (Fsp3) is 0.385. The van der Waals surface area contributed by atoms with Gasteiger partial charge in [-0.2, -0.15) is 13.2 Å². The Hall–Kier alpha value is -2.25. The lowest BCUT2D eigenvalue weighted by Gasteiger charge is -2.22. The predicted molar refractivity (Wildman–Crippen MR) is 73.0 cm³/mol. The summed E-state index contributed by atoms with van der Waals surface area (Å²) in [5.74, 6) is 0. The number of aromatic nitrogens is 2. The molecule has 1 aromatic heterocycles. The fourth-order valence-electron chi connectivity index (χ4n) is 1.96. The second-order valence-electron chi connectivity index (χ2n) is 4.62. The molecule has 114 valence electrons. The van der Waals surface area contributed by atoms with E-state index in [1.165, 1.54) is 6.92 Å². The van der Waals surface area contributed by atoms with E-state index in [1.807, 2.05) is 11.6 Å². The maximum atomic E-state index is 12.4. The number of alkyl halides is 3. The lowest BCUT2D eigenvalue weighted by atomic mass is 10.2. The zero-order valence-electron chi connectivity index (χ0n) is 11.6. The van der Waals surface area contributed by atoms with Crippen LogP contribution in [0.1, 0.15) is 6.92 Å². The maximum Gasteiger partial charge on any atom is 0.406 e. The van der Waals surface area contributed by atoms with Gasteiger partial charge >= 0.3 is 12.2 Å². The number of nitrogens with one attached hydrogen (secondary N) is 1. The molecule has 0 fully saturated rings. The van der Waals surface area contributed by atoms with Gasteiger partial charge in [0.25, 0.3) is 0 Å². The molecule has 1 heterocycles. The molecule has 5 nitrogen and oxygen atoms in total. The Balaban J connectivity index is 2.12. The highest BCUT2D eigenvalue weighted by Gasteiger charge is 2.32. The molecule has 0 saturated heterocycles. The molecule has 8 heteroatoms. The Bertz CT molecular complexity index is 650. The monoisotopic (exact) mass is 300 g/mol. The molecule has 0 bridgehead atoms. The highest BCUT2D eigenvalue weighted by molar-refractivity contribution is 5.92. The summed E-state index contributed by atoms with van der Waals surface area (Å²) in [6.07, 6.45) is -2.80. The summed E-state index contributed by atoms with van der Waals surface area (Å²) in [5.41, 5.74) is 1.94. The van der Waals surface area contributed by atoms with E-state index >= 15 is 0 Å². The third kappa shape index (κ3) is 3.65. The van der Waals surface area contributed by atoms with Crippen molar-refractivity contribution < 1.29 is 18.0 Å². The van der Waals surface area contributed by atoms with Gasteiger partial charge in [-0.05, 0) is 25.1 Å². The Morgan fingerprint density at radius 3 is 2.76 bits per heavy atom. The zero-order valence-corrected chi connectivity index (χ0v) is 11.6. The lowest BCUT2D eigenvalue weighted by molar-refractivity contribution is -0.139. The number of carbonyl (C=O) groups is 1. The average molecular weight is 300 g/mol. The summed E-state index contributed by atoms with van der Waals surface area (Å²) >= 11 is 0. The third-order valence-electron chi connectivity index (χ3n) is 3.02. The summed E-state index contributed by atoms with van der Waals surface area (Å²) in [7, 11) is 1.83. The number of imidazole rings is 1. The first-order chi connectivity index (χ1) is 9.80. The van der Waals surface area contributed by atoms with Crippen molar-refractivity contribution in [1.82, 2.24) is 14.5 Å². The number of nitrogens with zero attached hydrogens (tertiary/aromatic N) is 3. The molecule has 1 aromatic carbocycles. The minimum Gasteiger partial charge on any atom is -0.334 e. The summed E-state index contributed by atoms with van der Waals surface area (Å²) in [4.78, 5) is 16.7. The first kappa shape index (κ1) is 15.1. The number of hydrogen-bond donors (Lipinski definition) is 1. The molecule has 0 atom stereocenters. The largest absolute Gasteiger partial charge is 0.406 e. The van der Waals surface area contributed by atoms with Crippen molar-refractivity contribution in [2.45, 2.75) is 13.1 Å². The molecule has 0 saturated carbocycles. The molecule has 2 aromatic rings. The van der Waals surface area contributed by atoms with Gasteiger partial charge in [0.1, 0.15) is 6.54 Å². The van der Waals surface area contributed by atoms with E-state index in [4.69, 9.17) is 0 Å². The molecule has 21 heavy (non-hydrogen) atoms. The van der Waals surface area contributed by atoms with Gasteiger partial charge in [-0.1, -0.05) is 0 Å². The van der Waals surface area contributed by atoms with E-state index in [-0.39, 0.29) is 6.54 Å². The van der Waals surface area contributed by atoms with Gasteiger partial charge in [-0.3, -0.25) is 0 Å². The van der Waals surface area contributed by atoms with Crippen LogP contribution in [0.25, 0.3) is 11.0 Å². The molecular formula is C13H15F3N4O. The maximum absolute atomic E-state index is 12.4. The van der Waals surface area contributed by atoms with Crippen LogP contribution in [-0.4, -0.2) is 39.7 Å². The lowest BCUT2D eigenvalue weighted by Crippen LogP contribution is -2.41. The molecule has 0 aliphatic rings. The zero-order chi connectivity index (χ0) is 15.6. The molecule has 0 spiro atoms. The van der Waals surface area contributed by atoms with Crippen molar-refractivity contribution in [2.75, 3.05) is 18.4 Å². The van der Waals surface area contributed by atoms with Crippen LogP contribution in [0.4, 0.5) is 23.7 Å². The molecule has 0 radical (unpaired) electrons. The Kier molecular flexibility index (Phi) is 4.06. The minimum atomic E-state index is -4.42. The Morgan fingerprint density at radius 1 is 1.43 bits per heavy atom. The number of halogens is 3. The topological polar surface area (TPSA) is 50.2 Å². The van der Waals surface area contributed by atoms with Gasteiger partial charge in [0.05, 0.1) is 17.4 Å². The number of aryl methyl sites for hydroxylation is 1. The number of amides is 2. The van der Waals surface area contributed by atoms with Gasteiger partial charge < -0.3 is 14.8 Å². The normalized spacial score (nSPS) is 11.7.